The van der Waals surface area contributed by atoms with Gasteiger partial charge in [0, 0.05) is 56.1 Å². The predicted molar refractivity (Wildman–Crippen MR) is 125 cm³/mol. The van der Waals surface area contributed by atoms with Gasteiger partial charge in [0.1, 0.15) is 5.82 Å². The van der Waals surface area contributed by atoms with E-state index in [1.807, 2.05) is 0 Å². The zero-order valence-electron chi connectivity index (χ0n) is 16.1. The van der Waals surface area contributed by atoms with Crippen LogP contribution < -0.4 is 10.2 Å². The number of anilines is 1. The Morgan fingerprint density at radius 3 is 2.52 bits per heavy atom. The van der Waals surface area contributed by atoms with Gasteiger partial charge in [-0.25, -0.2) is 15.0 Å². The maximum Gasteiger partial charge on any atom is 0.205 e. The summed E-state index contributed by atoms with van der Waals surface area (Å²) in [7, 11) is 0. The van der Waals surface area contributed by atoms with Crippen molar-refractivity contribution in [3.63, 3.8) is 0 Å². The van der Waals surface area contributed by atoms with Crippen LogP contribution in [0, 0.1) is 0 Å². The molecular formula is C17H28IN7S2. The van der Waals surface area contributed by atoms with E-state index < -0.39 is 0 Å². The standard InChI is InChI=1S/C17H27N7S2.HI/c1-4-14-21-17(26-22-14)24-9-7-23(8-10-24)16(18-6-3)19-11-13-12-25-15(5-2)20-13;/h12H,4-11H2,1-3H3,(H,18,19);1H. The Balaban J connectivity index is 0.00000261. The molecular weight excluding hydrogens is 493 g/mol. The molecule has 10 heteroatoms. The summed E-state index contributed by atoms with van der Waals surface area (Å²) in [6.07, 6.45) is 1.88. The summed E-state index contributed by atoms with van der Waals surface area (Å²) in [5.74, 6) is 1.92. The van der Waals surface area contributed by atoms with E-state index in [0.717, 1.165) is 68.2 Å². The molecule has 150 valence electrons. The van der Waals surface area contributed by atoms with E-state index in [4.69, 9.17) is 4.99 Å². The van der Waals surface area contributed by atoms with Gasteiger partial charge in [0.2, 0.25) is 5.13 Å². The Bertz CT molecular complexity index is 722. The molecule has 2 aromatic rings. The first-order valence-electron chi connectivity index (χ1n) is 9.27. The highest BCUT2D eigenvalue weighted by atomic mass is 127. The number of piperazine rings is 1. The molecule has 0 amide bonds. The summed E-state index contributed by atoms with van der Waals surface area (Å²) in [5.41, 5.74) is 1.06. The van der Waals surface area contributed by atoms with Crippen molar-refractivity contribution in [2.75, 3.05) is 37.6 Å². The van der Waals surface area contributed by atoms with Gasteiger partial charge in [0.15, 0.2) is 5.96 Å². The van der Waals surface area contributed by atoms with Gasteiger partial charge in [-0.2, -0.15) is 4.37 Å². The smallest absolute Gasteiger partial charge is 0.205 e. The first-order valence-corrected chi connectivity index (χ1v) is 10.9. The third kappa shape index (κ3) is 5.98. The van der Waals surface area contributed by atoms with Gasteiger partial charge in [-0.15, -0.1) is 35.3 Å². The molecule has 0 saturated carbocycles. The minimum absolute atomic E-state index is 0. The van der Waals surface area contributed by atoms with Crippen molar-refractivity contribution in [1.82, 2.24) is 24.6 Å². The lowest BCUT2D eigenvalue weighted by Gasteiger charge is -2.36. The molecule has 2 aromatic heterocycles. The summed E-state index contributed by atoms with van der Waals surface area (Å²) in [6.45, 7) is 11.6. The highest BCUT2D eigenvalue weighted by Gasteiger charge is 2.22. The fraction of sp³-hybridized carbons (Fsp3) is 0.647. The second-order valence-electron chi connectivity index (χ2n) is 6.08. The van der Waals surface area contributed by atoms with Gasteiger partial charge in [-0.3, -0.25) is 0 Å². The fourth-order valence-electron chi connectivity index (χ4n) is 2.79. The highest BCUT2D eigenvalue weighted by Crippen LogP contribution is 2.19. The molecule has 0 aromatic carbocycles. The van der Waals surface area contributed by atoms with E-state index in [9.17, 15) is 0 Å². The number of thiazole rings is 1. The molecule has 1 N–H and O–H groups in total. The van der Waals surface area contributed by atoms with Crippen LogP contribution in [-0.4, -0.2) is 57.9 Å². The number of hydrogen-bond donors (Lipinski definition) is 1. The quantitative estimate of drug-likeness (QED) is 0.358. The molecule has 1 aliphatic rings. The van der Waals surface area contributed by atoms with Crippen LogP contribution in [0.15, 0.2) is 10.4 Å². The topological polar surface area (TPSA) is 69.5 Å². The number of hydrogen-bond acceptors (Lipinski definition) is 7. The largest absolute Gasteiger partial charge is 0.357 e. The van der Waals surface area contributed by atoms with Gasteiger partial charge < -0.3 is 15.1 Å². The van der Waals surface area contributed by atoms with Crippen LogP contribution in [0.25, 0.3) is 0 Å². The molecule has 3 heterocycles. The molecule has 7 nitrogen and oxygen atoms in total. The number of aromatic nitrogens is 3. The fourth-order valence-corrected chi connectivity index (χ4v) is 4.33. The van der Waals surface area contributed by atoms with Crippen LogP contribution in [0.1, 0.15) is 37.3 Å². The monoisotopic (exact) mass is 521 g/mol. The molecule has 1 fully saturated rings. The first-order chi connectivity index (χ1) is 12.7. The SMILES string of the molecule is CCNC(=NCc1csc(CC)n1)N1CCN(c2nc(CC)ns2)CC1.I. The number of nitrogens with zero attached hydrogens (tertiary/aromatic N) is 6. The number of nitrogens with one attached hydrogen (secondary N) is 1. The number of guanidine groups is 1. The third-order valence-electron chi connectivity index (χ3n) is 4.25. The van der Waals surface area contributed by atoms with Gasteiger partial charge in [0.25, 0.3) is 0 Å². The molecule has 0 spiro atoms. The van der Waals surface area contributed by atoms with Crippen molar-refractivity contribution in [2.24, 2.45) is 4.99 Å². The summed E-state index contributed by atoms with van der Waals surface area (Å²) in [5, 5.41) is 7.75. The predicted octanol–water partition coefficient (Wildman–Crippen LogP) is 3.03. The van der Waals surface area contributed by atoms with Crippen LogP contribution in [0.4, 0.5) is 5.13 Å². The summed E-state index contributed by atoms with van der Waals surface area (Å²) in [6, 6.07) is 0. The van der Waals surface area contributed by atoms with E-state index in [2.05, 4.69) is 55.6 Å². The Kier molecular flexibility index (Phi) is 9.16. The van der Waals surface area contributed by atoms with Crippen molar-refractivity contribution < 1.29 is 0 Å². The van der Waals surface area contributed by atoms with Crippen molar-refractivity contribution in [3.05, 3.63) is 21.9 Å². The normalized spacial score (nSPS) is 15.0. The average molecular weight is 521 g/mol. The van der Waals surface area contributed by atoms with Crippen molar-refractivity contribution >= 4 is 57.9 Å². The summed E-state index contributed by atoms with van der Waals surface area (Å²) in [4.78, 5) is 18.7. The number of rotatable bonds is 6. The van der Waals surface area contributed by atoms with Crippen LogP contribution in [0.5, 0.6) is 0 Å². The maximum absolute atomic E-state index is 4.80. The van der Waals surface area contributed by atoms with Gasteiger partial charge in [0.05, 0.1) is 17.2 Å². The Morgan fingerprint density at radius 2 is 1.93 bits per heavy atom. The Morgan fingerprint density at radius 1 is 1.15 bits per heavy atom. The zero-order chi connectivity index (χ0) is 18.4. The van der Waals surface area contributed by atoms with E-state index in [-0.39, 0.29) is 24.0 Å². The lowest BCUT2D eigenvalue weighted by atomic mass is 10.3. The molecule has 1 saturated heterocycles. The van der Waals surface area contributed by atoms with Gasteiger partial charge in [-0.05, 0) is 13.3 Å². The maximum atomic E-state index is 4.80. The number of aliphatic imine (C=N–C) groups is 1. The van der Waals surface area contributed by atoms with Gasteiger partial charge in [-0.1, -0.05) is 13.8 Å². The minimum atomic E-state index is 0. The van der Waals surface area contributed by atoms with Crippen LogP contribution in [0.2, 0.25) is 0 Å². The van der Waals surface area contributed by atoms with Crippen LogP contribution in [-0.2, 0) is 19.4 Å². The van der Waals surface area contributed by atoms with E-state index in [1.54, 1.807) is 11.3 Å². The molecule has 1 aliphatic heterocycles. The Labute approximate surface area is 186 Å². The van der Waals surface area contributed by atoms with Crippen LogP contribution in [0.3, 0.4) is 0 Å². The summed E-state index contributed by atoms with van der Waals surface area (Å²) >= 11 is 3.22. The molecule has 27 heavy (non-hydrogen) atoms. The number of halogens is 1. The summed E-state index contributed by atoms with van der Waals surface area (Å²) < 4.78 is 4.40. The molecule has 0 aliphatic carbocycles. The lowest BCUT2D eigenvalue weighted by molar-refractivity contribution is 0.372. The highest BCUT2D eigenvalue weighted by molar-refractivity contribution is 14.0. The molecule has 0 bridgehead atoms. The lowest BCUT2D eigenvalue weighted by Crippen LogP contribution is -2.52. The average Bonchev–Trinajstić information content (AvgIpc) is 3.34. The zero-order valence-corrected chi connectivity index (χ0v) is 20.1. The van der Waals surface area contributed by atoms with E-state index in [0.29, 0.717) is 6.54 Å². The second kappa shape index (κ2) is 11.1. The van der Waals surface area contributed by atoms with Crippen LogP contribution >= 0.6 is 46.8 Å². The van der Waals surface area contributed by atoms with Crippen molar-refractivity contribution in [1.29, 1.82) is 0 Å². The molecule has 0 unspecified atom stereocenters. The van der Waals surface area contributed by atoms with Crippen molar-refractivity contribution in [3.8, 4) is 0 Å². The minimum Gasteiger partial charge on any atom is -0.357 e. The molecule has 3 rings (SSSR count). The van der Waals surface area contributed by atoms with E-state index in [1.165, 1.54) is 16.5 Å². The Hall–Kier alpha value is -1.01. The van der Waals surface area contributed by atoms with Crippen molar-refractivity contribution in [2.45, 2.75) is 40.2 Å². The third-order valence-corrected chi connectivity index (χ3v) is 6.11. The molecule has 0 atom stereocenters. The number of aryl methyl sites for hydroxylation is 2. The first kappa shape index (κ1) is 22.3. The van der Waals surface area contributed by atoms with Gasteiger partial charge >= 0.3 is 0 Å². The van der Waals surface area contributed by atoms with E-state index >= 15 is 0 Å². The molecule has 0 radical (unpaired) electrons. The second-order valence-corrected chi connectivity index (χ2v) is 7.75.